The molecule has 0 aliphatic carbocycles. The number of halogens is 1. The van der Waals surface area contributed by atoms with E-state index in [1.807, 2.05) is 11.8 Å². The molecule has 312 valence electrons. The number of hydrogen-bond acceptors (Lipinski definition) is 15. The number of esters is 1. The second kappa shape index (κ2) is 17.3. The Hall–Kier alpha value is -4.34. The molecule has 0 unspecified atom stereocenters. The maximum absolute atomic E-state index is 16.8. The quantitative estimate of drug-likeness (QED) is 0.234. The molecule has 3 saturated heterocycles. The van der Waals surface area contributed by atoms with Crippen LogP contribution in [0.25, 0.3) is 11.5 Å². The van der Waals surface area contributed by atoms with Crippen molar-refractivity contribution in [1.29, 1.82) is 0 Å². The largest absolute Gasteiger partial charge is 0.455 e. The van der Waals surface area contributed by atoms with Crippen LogP contribution in [0.2, 0.25) is 0 Å². The third-order valence-corrected chi connectivity index (χ3v) is 11.5. The van der Waals surface area contributed by atoms with Crippen molar-refractivity contribution < 1.29 is 56.9 Å². The average Bonchev–Trinajstić information content (AvgIpc) is 3.77. The van der Waals surface area contributed by atoms with Gasteiger partial charge in [0, 0.05) is 42.3 Å². The lowest BCUT2D eigenvalue weighted by Gasteiger charge is -2.47. The molecule has 0 radical (unpaired) electrons. The molecule has 3 aliphatic rings. The van der Waals surface area contributed by atoms with Crippen LogP contribution < -0.4 is 5.32 Å². The van der Waals surface area contributed by atoms with Crippen LogP contribution in [0.1, 0.15) is 80.4 Å². The number of nitrogens with one attached hydrogen (secondary N) is 1. The van der Waals surface area contributed by atoms with E-state index in [0.29, 0.717) is 17.9 Å². The Bertz CT molecular complexity index is 1850. The Labute approximate surface area is 331 Å². The van der Waals surface area contributed by atoms with E-state index in [9.17, 15) is 24.3 Å². The first kappa shape index (κ1) is 43.8. The van der Waals surface area contributed by atoms with Crippen molar-refractivity contribution in [3.8, 4) is 23.4 Å². The Morgan fingerprint density at radius 1 is 1.07 bits per heavy atom. The number of amides is 1. The molecular weight excluding hydrogens is 745 g/mol. The molecule has 5 heterocycles. The van der Waals surface area contributed by atoms with Crippen molar-refractivity contribution in [3.63, 3.8) is 0 Å². The van der Waals surface area contributed by atoms with Crippen LogP contribution in [0.3, 0.4) is 0 Å². The van der Waals surface area contributed by atoms with Gasteiger partial charge >= 0.3 is 12.1 Å². The third kappa shape index (κ3) is 9.05. The van der Waals surface area contributed by atoms with Crippen LogP contribution in [0.5, 0.6) is 0 Å². The molecule has 16 nitrogen and oxygen atoms in total. The number of carbonyl (C=O) groups is 4. The number of rotatable bonds is 7. The minimum Gasteiger partial charge on any atom is -0.455 e. The number of alkyl carbamates (subject to hydrolysis) is 1. The molecule has 2 aromatic heterocycles. The summed E-state index contributed by atoms with van der Waals surface area (Å²) in [7, 11) is 3.60. The molecule has 2 N–H and O–H groups in total. The Morgan fingerprint density at radius 3 is 2.40 bits per heavy atom. The fraction of sp³-hybridized carbons (Fsp3) is 0.675. The second-order valence-electron chi connectivity index (χ2n) is 16.1. The van der Waals surface area contributed by atoms with E-state index >= 15 is 4.39 Å². The van der Waals surface area contributed by atoms with Gasteiger partial charge in [-0.1, -0.05) is 38.8 Å². The van der Waals surface area contributed by atoms with E-state index in [2.05, 4.69) is 32.3 Å². The van der Waals surface area contributed by atoms with Crippen LogP contribution in [-0.4, -0.2) is 129 Å². The fourth-order valence-corrected chi connectivity index (χ4v) is 8.33. The van der Waals surface area contributed by atoms with Gasteiger partial charge in [-0.05, 0) is 73.0 Å². The first-order valence-electron chi connectivity index (χ1n) is 19.2. The monoisotopic (exact) mass is 799 g/mol. The molecule has 3 aliphatic heterocycles. The number of aliphatic hydroxyl groups excluding tert-OH is 1. The molecule has 0 bridgehead atoms. The molecule has 0 aromatic carbocycles. The molecule has 13 atom stereocenters. The van der Waals surface area contributed by atoms with Gasteiger partial charge in [0.25, 0.3) is 5.67 Å². The molecule has 1 amide bonds. The molecule has 5 rings (SSSR count). The molecule has 57 heavy (non-hydrogen) atoms. The Morgan fingerprint density at radius 2 is 1.75 bits per heavy atom. The number of ether oxygens (including phenoxy) is 5. The summed E-state index contributed by atoms with van der Waals surface area (Å²) in [5, 5.41) is 18.2. The number of ketones is 2. The first-order valence-corrected chi connectivity index (χ1v) is 19.2. The SMILES string of the molecule is CC[C@H]1OC(=O)[C@@](C)(F)C(=O)[C@H](C)[C@@H](O[C@@H]2O[C@H](C)C[C@H](N(C)C)[C@H]2O)[C@](C)(OCC#Cc2cc(-c3ncccn3)no2)C[C@@H](C)C(=O)[C@H](C)[C@H]2NC(=O)O[C@@]21C. The summed E-state index contributed by atoms with van der Waals surface area (Å²) >= 11 is 0. The number of cyclic esters (lactones) is 1. The van der Waals surface area contributed by atoms with Gasteiger partial charge in [0.1, 0.15) is 24.6 Å². The summed E-state index contributed by atoms with van der Waals surface area (Å²) in [5.41, 5.74) is -6.11. The summed E-state index contributed by atoms with van der Waals surface area (Å²) in [6, 6.07) is 1.81. The van der Waals surface area contributed by atoms with Gasteiger partial charge in [-0.2, -0.15) is 0 Å². The number of aromatic nitrogens is 3. The van der Waals surface area contributed by atoms with Crippen LogP contribution in [0.15, 0.2) is 29.0 Å². The number of hydrogen-bond donors (Lipinski definition) is 2. The zero-order valence-corrected chi connectivity index (χ0v) is 34.1. The van der Waals surface area contributed by atoms with Gasteiger partial charge in [0.15, 0.2) is 29.2 Å². The number of carbonyl (C=O) groups excluding carboxylic acids is 4. The zero-order valence-electron chi connectivity index (χ0n) is 34.1. The zero-order chi connectivity index (χ0) is 42.0. The van der Waals surface area contributed by atoms with Crippen molar-refractivity contribution in [3.05, 3.63) is 30.3 Å². The van der Waals surface area contributed by atoms with Crippen molar-refractivity contribution >= 4 is 23.6 Å². The molecule has 0 spiro atoms. The van der Waals surface area contributed by atoms with Crippen LogP contribution in [0, 0.1) is 29.6 Å². The minimum atomic E-state index is -3.23. The van der Waals surface area contributed by atoms with E-state index in [-0.39, 0.29) is 31.0 Å². The van der Waals surface area contributed by atoms with E-state index in [1.54, 1.807) is 66.3 Å². The fourth-order valence-electron chi connectivity index (χ4n) is 8.33. The number of Topliss-reactive ketones (excluding diaryl/α,β-unsaturated/α-hetero) is 2. The average molecular weight is 800 g/mol. The highest BCUT2D eigenvalue weighted by Crippen LogP contribution is 2.41. The van der Waals surface area contributed by atoms with Crippen molar-refractivity contribution in [2.75, 3.05) is 20.7 Å². The van der Waals surface area contributed by atoms with E-state index in [1.165, 1.54) is 13.8 Å². The van der Waals surface area contributed by atoms with E-state index in [0.717, 1.165) is 6.92 Å². The maximum Gasteiger partial charge on any atom is 0.408 e. The number of nitrogens with zero attached hydrogens (tertiary/aromatic N) is 4. The number of alkyl halides is 1. The summed E-state index contributed by atoms with van der Waals surface area (Å²) in [6.45, 7) is 11.7. The van der Waals surface area contributed by atoms with Crippen molar-refractivity contribution in [2.45, 2.75) is 134 Å². The van der Waals surface area contributed by atoms with Crippen molar-refractivity contribution in [2.24, 2.45) is 17.8 Å². The highest BCUT2D eigenvalue weighted by molar-refractivity contribution is 6.08. The van der Waals surface area contributed by atoms with Crippen LogP contribution in [-0.2, 0) is 38.1 Å². The Kier molecular flexibility index (Phi) is 13.3. The number of likely N-dealkylation sites (N-methyl/N-ethyl adjacent to an activating group) is 1. The molecule has 0 saturated carbocycles. The van der Waals surface area contributed by atoms with Crippen LogP contribution >= 0.6 is 0 Å². The second-order valence-corrected chi connectivity index (χ2v) is 16.1. The first-order chi connectivity index (χ1) is 26.7. The van der Waals surface area contributed by atoms with Gasteiger partial charge in [-0.15, -0.1) is 0 Å². The summed E-state index contributed by atoms with van der Waals surface area (Å²) in [4.78, 5) is 65.3. The summed E-state index contributed by atoms with van der Waals surface area (Å²) < 4.78 is 52.7. The maximum atomic E-state index is 16.8. The van der Waals surface area contributed by atoms with Crippen LogP contribution in [0.4, 0.5) is 9.18 Å². The standard InChI is InChI=1S/C40H54FN5O11/c1-11-28-40(8)31(44-37(51)56-40)23(4)29(47)21(2)20-38(6,52-17-12-14-25-19-26(45-57-25)34-42-15-13-16-43-34)33(24(5)32(49)39(7,41)36(50)54-28)55-35-30(48)27(46(9)10)18-22(3)53-35/h13,15-16,19,21-24,27-28,30-31,33,35,48H,11,17-18,20H2,1-10H3,(H,44,51)/t21-,22-,23+,24+,27+,28-,30-,31-,33-,35+,38-,39+,40-/m1/s1. The molecule has 2 aromatic rings. The van der Waals surface area contributed by atoms with Gasteiger partial charge in [0.05, 0.1) is 23.9 Å². The predicted molar refractivity (Wildman–Crippen MR) is 200 cm³/mol. The smallest absolute Gasteiger partial charge is 0.408 e. The van der Waals surface area contributed by atoms with Crippen molar-refractivity contribution in [1.82, 2.24) is 25.3 Å². The van der Waals surface area contributed by atoms with Gasteiger partial charge in [-0.25, -0.2) is 23.9 Å². The topological polar surface area (TPSA) is 202 Å². The highest BCUT2D eigenvalue weighted by Gasteiger charge is 2.59. The van der Waals surface area contributed by atoms with E-state index < -0.39 is 95.3 Å². The molecule has 17 heteroatoms. The normalized spacial score (nSPS) is 38.0. The van der Waals surface area contributed by atoms with E-state index in [4.69, 9.17) is 28.2 Å². The molecular formula is C40H54FN5O11. The minimum absolute atomic E-state index is 0.0697. The lowest BCUT2D eigenvalue weighted by molar-refractivity contribution is -0.296. The Balaban J connectivity index is 1.57. The summed E-state index contributed by atoms with van der Waals surface area (Å²) in [6.07, 6.45) is -2.91. The number of fused-ring (bicyclic) bond motifs is 1. The van der Waals surface area contributed by atoms with Gasteiger partial charge < -0.3 is 43.5 Å². The lowest BCUT2D eigenvalue weighted by atomic mass is 9.73. The number of aliphatic hydroxyl groups is 1. The highest BCUT2D eigenvalue weighted by atomic mass is 19.1. The van der Waals surface area contributed by atoms with Gasteiger partial charge in [-0.3, -0.25) is 9.59 Å². The van der Waals surface area contributed by atoms with Gasteiger partial charge in [0.2, 0.25) is 5.76 Å². The predicted octanol–water partition coefficient (Wildman–Crippen LogP) is 3.44. The summed E-state index contributed by atoms with van der Waals surface area (Å²) in [5.74, 6) is -0.00125. The molecule has 3 fully saturated rings. The lowest BCUT2D eigenvalue weighted by Crippen LogP contribution is -2.61. The third-order valence-electron chi connectivity index (χ3n) is 11.5.